The summed E-state index contributed by atoms with van der Waals surface area (Å²) in [7, 11) is 0. The predicted octanol–water partition coefficient (Wildman–Crippen LogP) is 5.59. The molecular formula is C13H17BrCl2. The third-order valence-electron chi connectivity index (χ3n) is 2.53. The number of alkyl halides is 1. The molecular weight excluding hydrogens is 307 g/mol. The molecule has 16 heavy (non-hydrogen) atoms. The van der Waals surface area contributed by atoms with Crippen LogP contribution in [0.25, 0.3) is 0 Å². The van der Waals surface area contributed by atoms with Gasteiger partial charge < -0.3 is 0 Å². The Hall–Kier alpha value is 0.280. The van der Waals surface area contributed by atoms with Crippen molar-refractivity contribution >= 4 is 39.1 Å². The first-order chi connectivity index (χ1) is 7.52. The Balaban J connectivity index is 2.66. The van der Waals surface area contributed by atoms with Crippen LogP contribution in [-0.4, -0.2) is 5.33 Å². The molecule has 0 heterocycles. The molecule has 0 fully saturated rings. The average Bonchev–Trinajstić information content (AvgIpc) is 2.22. The molecule has 0 saturated carbocycles. The topological polar surface area (TPSA) is 0 Å². The Morgan fingerprint density at radius 1 is 1.19 bits per heavy atom. The van der Waals surface area contributed by atoms with Crippen molar-refractivity contribution in [2.24, 2.45) is 11.8 Å². The summed E-state index contributed by atoms with van der Waals surface area (Å²) >= 11 is 15.5. The fraction of sp³-hybridized carbons (Fsp3) is 0.538. The van der Waals surface area contributed by atoms with Crippen LogP contribution in [0.15, 0.2) is 18.2 Å². The summed E-state index contributed by atoms with van der Waals surface area (Å²) in [5, 5.41) is 2.31. The lowest BCUT2D eigenvalue weighted by atomic mass is 9.93. The molecule has 1 aromatic rings. The van der Waals surface area contributed by atoms with Crippen molar-refractivity contribution in [2.45, 2.75) is 26.7 Å². The lowest BCUT2D eigenvalue weighted by Gasteiger charge is -2.16. The minimum absolute atomic E-state index is 0.629. The van der Waals surface area contributed by atoms with Crippen LogP contribution in [0.5, 0.6) is 0 Å². The fourth-order valence-corrected chi connectivity index (χ4v) is 2.68. The van der Waals surface area contributed by atoms with Gasteiger partial charge in [0.05, 0.1) is 10.0 Å². The Kier molecular flexibility index (Phi) is 6.17. The van der Waals surface area contributed by atoms with Gasteiger partial charge >= 0.3 is 0 Å². The monoisotopic (exact) mass is 322 g/mol. The minimum Gasteiger partial charge on any atom is -0.0925 e. The van der Waals surface area contributed by atoms with E-state index in [1.165, 1.54) is 12.0 Å². The van der Waals surface area contributed by atoms with Gasteiger partial charge in [0.1, 0.15) is 0 Å². The molecule has 0 amide bonds. The zero-order valence-electron chi connectivity index (χ0n) is 9.64. The van der Waals surface area contributed by atoms with Crippen LogP contribution in [0.2, 0.25) is 10.0 Å². The van der Waals surface area contributed by atoms with Crippen LogP contribution in [0, 0.1) is 11.8 Å². The third-order valence-corrected chi connectivity index (χ3v) is 4.19. The molecule has 90 valence electrons. The van der Waals surface area contributed by atoms with E-state index in [4.69, 9.17) is 23.2 Å². The molecule has 1 rings (SSSR count). The third kappa shape index (κ3) is 4.65. The predicted molar refractivity (Wildman–Crippen MR) is 76.9 cm³/mol. The van der Waals surface area contributed by atoms with Crippen LogP contribution >= 0.6 is 39.1 Å². The van der Waals surface area contributed by atoms with Crippen molar-refractivity contribution in [1.29, 1.82) is 0 Å². The zero-order chi connectivity index (χ0) is 12.1. The average molecular weight is 324 g/mol. The molecule has 0 aliphatic rings. The molecule has 0 aliphatic carbocycles. The summed E-state index contributed by atoms with van der Waals surface area (Å²) in [6.45, 7) is 4.51. The standard InChI is InChI=1S/C13H17BrCl2/c1-9(2)5-11(8-14)6-10-3-4-12(15)13(16)7-10/h3-4,7,9,11H,5-6,8H2,1-2H3. The van der Waals surface area contributed by atoms with Crippen LogP contribution in [0.3, 0.4) is 0 Å². The highest BCUT2D eigenvalue weighted by Gasteiger charge is 2.11. The molecule has 1 unspecified atom stereocenters. The van der Waals surface area contributed by atoms with Crippen molar-refractivity contribution in [2.75, 3.05) is 5.33 Å². The number of benzene rings is 1. The van der Waals surface area contributed by atoms with E-state index < -0.39 is 0 Å². The Morgan fingerprint density at radius 2 is 1.88 bits per heavy atom. The molecule has 3 heteroatoms. The van der Waals surface area contributed by atoms with Gasteiger partial charge in [-0.05, 0) is 42.4 Å². The van der Waals surface area contributed by atoms with Gasteiger partial charge in [-0.15, -0.1) is 0 Å². The number of halogens is 3. The molecule has 0 bridgehead atoms. The smallest absolute Gasteiger partial charge is 0.0595 e. The first-order valence-corrected chi connectivity index (χ1v) is 7.40. The van der Waals surface area contributed by atoms with Crippen molar-refractivity contribution in [3.8, 4) is 0 Å². The Bertz CT molecular complexity index is 337. The summed E-state index contributed by atoms with van der Waals surface area (Å²) in [6.07, 6.45) is 2.28. The first-order valence-electron chi connectivity index (χ1n) is 5.52. The van der Waals surface area contributed by atoms with E-state index in [0.29, 0.717) is 16.0 Å². The minimum atomic E-state index is 0.629. The summed E-state index contributed by atoms with van der Waals surface area (Å²) < 4.78 is 0. The van der Waals surface area contributed by atoms with Crippen molar-refractivity contribution in [3.63, 3.8) is 0 Å². The van der Waals surface area contributed by atoms with Crippen LogP contribution < -0.4 is 0 Å². The van der Waals surface area contributed by atoms with Gasteiger partial charge in [-0.25, -0.2) is 0 Å². The maximum Gasteiger partial charge on any atom is 0.0595 e. The molecule has 0 spiro atoms. The quantitative estimate of drug-likeness (QED) is 0.619. The summed E-state index contributed by atoms with van der Waals surface area (Å²) in [4.78, 5) is 0. The van der Waals surface area contributed by atoms with E-state index in [9.17, 15) is 0 Å². The van der Waals surface area contributed by atoms with Crippen molar-refractivity contribution in [1.82, 2.24) is 0 Å². The van der Waals surface area contributed by atoms with Gasteiger partial charge in [0, 0.05) is 5.33 Å². The molecule has 0 saturated heterocycles. The molecule has 0 aliphatic heterocycles. The second-order valence-corrected chi connectivity index (χ2v) is 6.06. The Labute approximate surface area is 116 Å². The highest BCUT2D eigenvalue weighted by Crippen LogP contribution is 2.25. The van der Waals surface area contributed by atoms with Gasteiger partial charge in [-0.3, -0.25) is 0 Å². The maximum absolute atomic E-state index is 6.00. The normalized spacial score (nSPS) is 13.1. The number of hydrogen-bond donors (Lipinski definition) is 0. The van der Waals surface area contributed by atoms with E-state index in [1.807, 2.05) is 12.1 Å². The van der Waals surface area contributed by atoms with Crippen LogP contribution in [0.1, 0.15) is 25.8 Å². The van der Waals surface area contributed by atoms with Crippen molar-refractivity contribution in [3.05, 3.63) is 33.8 Å². The fourth-order valence-electron chi connectivity index (χ4n) is 1.87. The molecule has 0 radical (unpaired) electrons. The number of hydrogen-bond acceptors (Lipinski definition) is 0. The van der Waals surface area contributed by atoms with Gasteiger partial charge in [0.25, 0.3) is 0 Å². The van der Waals surface area contributed by atoms with Gasteiger partial charge in [0.15, 0.2) is 0 Å². The zero-order valence-corrected chi connectivity index (χ0v) is 12.7. The van der Waals surface area contributed by atoms with Gasteiger partial charge in [-0.2, -0.15) is 0 Å². The van der Waals surface area contributed by atoms with E-state index in [1.54, 1.807) is 0 Å². The van der Waals surface area contributed by atoms with Crippen LogP contribution in [-0.2, 0) is 6.42 Å². The lowest BCUT2D eigenvalue weighted by Crippen LogP contribution is -2.09. The maximum atomic E-state index is 6.00. The summed E-state index contributed by atoms with van der Waals surface area (Å²) in [5.41, 5.74) is 1.26. The summed E-state index contributed by atoms with van der Waals surface area (Å²) in [6, 6.07) is 5.91. The van der Waals surface area contributed by atoms with E-state index in [0.717, 1.165) is 17.7 Å². The number of rotatable bonds is 5. The molecule has 0 aromatic heterocycles. The molecule has 0 N–H and O–H groups in total. The van der Waals surface area contributed by atoms with Crippen molar-refractivity contribution < 1.29 is 0 Å². The molecule has 1 atom stereocenters. The van der Waals surface area contributed by atoms with E-state index in [-0.39, 0.29) is 0 Å². The Morgan fingerprint density at radius 3 is 2.38 bits per heavy atom. The first kappa shape index (κ1) is 14.3. The van der Waals surface area contributed by atoms with E-state index in [2.05, 4.69) is 35.8 Å². The highest BCUT2D eigenvalue weighted by atomic mass is 79.9. The van der Waals surface area contributed by atoms with Gasteiger partial charge in [0.2, 0.25) is 0 Å². The summed E-state index contributed by atoms with van der Waals surface area (Å²) in [5.74, 6) is 1.39. The molecule has 0 nitrogen and oxygen atoms in total. The second kappa shape index (κ2) is 6.88. The molecule has 1 aromatic carbocycles. The van der Waals surface area contributed by atoms with Crippen LogP contribution in [0.4, 0.5) is 0 Å². The van der Waals surface area contributed by atoms with Gasteiger partial charge in [-0.1, -0.05) is 59.0 Å². The highest BCUT2D eigenvalue weighted by molar-refractivity contribution is 9.09. The lowest BCUT2D eigenvalue weighted by molar-refractivity contribution is 0.445. The second-order valence-electron chi connectivity index (χ2n) is 4.60. The largest absolute Gasteiger partial charge is 0.0925 e. The van der Waals surface area contributed by atoms with E-state index >= 15 is 0 Å². The SMILES string of the molecule is CC(C)CC(CBr)Cc1ccc(Cl)c(Cl)c1.